The highest BCUT2D eigenvalue weighted by Gasteiger charge is 2.57. The molecule has 232 valence electrons. The lowest BCUT2D eigenvalue weighted by atomic mass is 9.84. The number of thiazole rings is 1. The average molecular weight is 639 g/mol. The number of oxime groups is 1. The topological polar surface area (TPSA) is 286 Å². The van der Waals surface area contributed by atoms with E-state index in [1.54, 1.807) is 26.0 Å². The van der Waals surface area contributed by atoms with E-state index in [4.69, 9.17) is 41.3 Å². The van der Waals surface area contributed by atoms with Gasteiger partial charge in [0.1, 0.15) is 29.9 Å². The van der Waals surface area contributed by atoms with Gasteiger partial charge in [-0.25, -0.2) is 4.98 Å². The fourth-order valence-corrected chi connectivity index (χ4v) is 4.53. The van der Waals surface area contributed by atoms with Crippen molar-refractivity contribution in [3.63, 3.8) is 0 Å². The molecule has 18 nitrogen and oxygen atoms in total. The normalized spacial score (nSPS) is 17.3. The van der Waals surface area contributed by atoms with Gasteiger partial charge >= 0.3 is 5.91 Å². The third kappa shape index (κ3) is 8.00. The molecule has 2 atom stereocenters. The van der Waals surface area contributed by atoms with Gasteiger partial charge in [0.15, 0.2) is 23.2 Å². The molecule has 0 saturated carbocycles. The molecule has 1 fully saturated rings. The molecule has 2 aromatic rings. The molecular formula is C23H30N10O8S2. The average Bonchev–Trinajstić information content (AvgIpc) is 3.43. The number of hydrogen-bond acceptors (Lipinski definition) is 16. The Balaban J connectivity index is 1.75. The van der Waals surface area contributed by atoms with Gasteiger partial charge in [-0.1, -0.05) is 5.16 Å². The van der Waals surface area contributed by atoms with E-state index in [0.29, 0.717) is 5.56 Å². The van der Waals surface area contributed by atoms with Crippen molar-refractivity contribution >= 4 is 58.1 Å². The number of carbonyl (C=O) groups is 3. The van der Waals surface area contributed by atoms with Crippen LogP contribution in [0.5, 0.6) is 5.75 Å². The minimum Gasteiger partial charge on any atom is -0.489 e. The van der Waals surface area contributed by atoms with Crippen LogP contribution in [0.4, 0.5) is 5.13 Å². The van der Waals surface area contributed by atoms with Crippen molar-refractivity contribution in [1.82, 2.24) is 15.4 Å². The zero-order valence-corrected chi connectivity index (χ0v) is 24.5. The van der Waals surface area contributed by atoms with Gasteiger partial charge in [-0.15, -0.1) is 16.2 Å². The number of anilines is 1. The van der Waals surface area contributed by atoms with Crippen LogP contribution >= 0.6 is 23.7 Å². The second-order valence-electron chi connectivity index (χ2n) is 9.35. The van der Waals surface area contributed by atoms with E-state index >= 15 is 0 Å². The van der Waals surface area contributed by atoms with Crippen LogP contribution in [0, 0.1) is 4.91 Å². The van der Waals surface area contributed by atoms with Crippen molar-refractivity contribution in [2.45, 2.75) is 37.6 Å². The predicted octanol–water partition coefficient (Wildman–Crippen LogP) is -0.664. The van der Waals surface area contributed by atoms with Crippen LogP contribution in [0.2, 0.25) is 0 Å². The number of aliphatic imine (C=N–C) groups is 1. The SMILES string of the molecule is CC1(C)[C@H](NC(=O)/C(=N\O[C@H](COc2ccc(C(N)=NC(CN)CN)cc2)C(=O)N=O)c2csc(N)n2)C(=O)N1OSO. The van der Waals surface area contributed by atoms with Crippen LogP contribution in [-0.2, 0) is 23.5 Å². The Morgan fingerprint density at radius 1 is 1.26 bits per heavy atom. The van der Waals surface area contributed by atoms with E-state index in [1.165, 1.54) is 17.5 Å². The number of benzene rings is 1. The number of ether oxygens (including phenoxy) is 1. The van der Waals surface area contributed by atoms with Gasteiger partial charge in [-0.3, -0.25) is 19.4 Å². The lowest BCUT2D eigenvalue weighted by molar-refractivity contribution is -0.214. The number of β-lactam (4-membered cyclic amide) rings is 1. The number of hydrogen-bond donors (Lipinski definition) is 6. The highest BCUT2D eigenvalue weighted by atomic mass is 32.2. The first kappa shape index (κ1) is 33.3. The molecule has 10 N–H and O–H groups in total. The van der Waals surface area contributed by atoms with E-state index in [2.05, 4.69) is 25.6 Å². The number of aromatic nitrogens is 1. The number of nitroso groups, excluding NO2 is 1. The van der Waals surface area contributed by atoms with Crippen molar-refractivity contribution in [2.24, 2.45) is 32.5 Å². The summed E-state index contributed by atoms with van der Waals surface area (Å²) in [6.07, 6.45) is -1.66. The monoisotopic (exact) mass is 638 g/mol. The molecule has 43 heavy (non-hydrogen) atoms. The Morgan fingerprint density at radius 2 is 1.93 bits per heavy atom. The number of amidine groups is 1. The molecule has 20 heteroatoms. The standard InChI is InChI=1S/C23H30N10O8S2/c1-23(2)17(21(36)33(23)41-43-38)30-20(35)16(14-10-42-22(27)29-14)32-40-15(19(34)31-37)9-39-13-5-3-11(4-6-13)18(26)28-12(7-24)8-25/h3-6,10,12,15,17,38H,7-9,24-25H2,1-2H3,(H2,26,28)(H2,27,29)(H,30,35)/b32-16-/t15-,17-/m1/s1. The molecule has 3 amide bonds. The second kappa shape index (κ2) is 14.8. The molecule has 0 radical (unpaired) electrons. The molecule has 0 spiro atoms. The van der Waals surface area contributed by atoms with E-state index in [9.17, 15) is 19.3 Å². The maximum absolute atomic E-state index is 13.2. The number of hydroxylamine groups is 2. The molecule has 0 bridgehead atoms. The lowest BCUT2D eigenvalue weighted by Gasteiger charge is -2.50. The first-order valence-electron chi connectivity index (χ1n) is 12.4. The predicted molar refractivity (Wildman–Crippen MR) is 157 cm³/mol. The van der Waals surface area contributed by atoms with Crippen LogP contribution in [0.3, 0.4) is 0 Å². The van der Waals surface area contributed by atoms with E-state index in [-0.39, 0.29) is 53.9 Å². The maximum atomic E-state index is 13.2. The van der Waals surface area contributed by atoms with Gasteiger partial charge in [0, 0.05) is 29.2 Å². The highest BCUT2D eigenvalue weighted by molar-refractivity contribution is 7.88. The summed E-state index contributed by atoms with van der Waals surface area (Å²) < 4.78 is 19.3. The van der Waals surface area contributed by atoms with Crippen LogP contribution in [0.1, 0.15) is 25.1 Å². The number of nitrogen functional groups attached to an aromatic ring is 1. The van der Waals surface area contributed by atoms with Crippen LogP contribution < -0.4 is 33.0 Å². The first-order valence-corrected chi connectivity index (χ1v) is 14.0. The van der Waals surface area contributed by atoms with Gasteiger partial charge in [0.25, 0.3) is 11.8 Å². The molecule has 1 saturated heterocycles. The number of nitrogens with zero attached hydrogens (tertiary/aromatic N) is 5. The molecular weight excluding hydrogens is 608 g/mol. The Bertz CT molecular complexity index is 1380. The van der Waals surface area contributed by atoms with Gasteiger partial charge in [-0.05, 0) is 38.1 Å². The Labute approximate surface area is 253 Å². The first-order chi connectivity index (χ1) is 20.5. The van der Waals surface area contributed by atoms with E-state index < -0.39 is 47.7 Å². The van der Waals surface area contributed by atoms with Gasteiger partial charge in [0.2, 0.25) is 6.10 Å². The van der Waals surface area contributed by atoms with Crippen molar-refractivity contribution in [1.29, 1.82) is 0 Å². The molecule has 0 aliphatic carbocycles. The Morgan fingerprint density at radius 3 is 2.47 bits per heavy atom. The smallest absolute Gasteiger partial charge is 0.332 e. The Hall–Kier alpha value is -4.21. The summed E-state index contributed by atoms with van der Waals surface area (Å²) in [6, 6.07) is 4.87. The summed E-state index contributed by atoms with van der Waals surface area (Å²) in [7, 11) is 0. The van der Waals surface area contributed by atoms with Crippen LogP contribution in [0.15, 0.2) is 45.0 Å². The molecule has 2 heterocycles. The largest absolute Gasteiger partial charge is 0.489 e. The van der Waals surface area contributed by atoms with Crippen molar-refractivity contribution in [3.05, 3.63) is 45.8 Å². The molecule has 0 unspecified atom stereocenters. The van der Waals surface area contributed by atoms with Crippen LogP contribution in [-0.4, -0.2) is 87.3 Å². The van der Waals surface area contributed by atoms with Crippen molar-refractivity contribution in [2.75, 3.05) is 25.4 Å². The minimum atomic E-state index is -1.66. The van der Waals surface area contributed by atoms with Crippen molar-refractivity contribution < 1.29 is 32.8 Å². The van der Waals surface area contributed by atoms with E-state index in [0.717, 1.165) is 16.4 Å². The second-order valence-corrected chi connectivity index (χ2v) is 10.5. The molecule has 1 aliphatic rings. The fraction of sp³-hybridized carbons (Fsp3) is 0.391. The van der Waals surface area contributed by atoms with Crippen molar-refractivity contribution in [3.8, 4) is 5.75 Å². The van der Waals surface area contributed by atoms with Gasteiger partial charge in [0.05, 0.1) is 11.6 Å². The summed E-state index contributed by atoms with van der Waals surface area (Å²) in [4.78, 5) is 62.3. The minimum absolute atomic E-state index is 0.0283. The summed E-state index contributed by atoms with van der Waals surface area (Å²) >= 11 is 0.964. The quantitative estimate of drug-likeness (QED) is 0.0352. The summed E-state index contributed by atoms with van der Waals surface area (Å²) in [5, 5.41) is 11.0. The highest BCUT2D eigenvalue weighted by Crippen LogP contribution is 2.33. The third-order valence-corrected chi connectivity index (χ3v) is 6.98. The third-order valence-electron chi connectivity index (χ3n) is 6.09. The molecule has 3 rings (SSSR count). The summed E-state index contributed by atoms with van der Waals surface area (Å²) in [5.74, 6) is -2.35. The Kier molecular flexibility index (Phi) is 11.5. The lowest BCUT2D eigenvalue weighted by Crippen LogP contribution is -2.76. The van der Waals surface area contributed by atoms with Crippen LogP contribution in [0.25, 0.3) is 0 Å². The zero-order chi connectivity index (χ0) is 31.7. The summed E-state index contributed by atoms with van der Waals surface area (Å²) in [6.45, 7) is 3.10. The molecule has 1 aromatic heterocycles. The molecule has 1 aromatic carbocycles. The number of nitrogens with two attached hydrogens (primary N) is 4. The zero-order valence-electron chi connectivity index (χ0n) is 22.9. The molecule has 1 aliphatic heterocycles. The van der Waals surface area contributed by atoms with Gasteiger partial charge < -0.3 is 42.4 Å². The number of rotatable bonds is 15. The van der Waals surface area contributed by atoms with Gasteiger partial charge in [-0.2, -0.15) is 9.35 Å². The number of nitrogens with one attached hydrogen (secondary N) is 1. The number of carbonyl (C=O) groups excluding carboxylic acids is 3. The fourth-order valence-electron chi connectivity index (χ4n) is 3.65. The summed E-state index contributed by atoms with van der Waals surface area (Å²) in [5.41, 5.74) is 21.9. The number of amides is 3. The van der Waals surface area contributed by atoms with E-state index in [1.807, 2.05) is 0 Å². The maximum Gasteiger partial charge on any atom is 0.332 e.